The van der Waals surface area contributed by atoms with Crippen molar-refractivity contribution in [3.8, 4) is 0 Å². The molecule has 0 aromatic carbocycles. The third kappa shape index (κ3) is 2.92. The van der Waals surface area contributed by atoms with Crippen molar-refractivity contribution in [2.75, 3.05) is 25.2 Å². The first kappa shape index (κ1) is 11.4. The molecule has 5 heteroatoms. The first-order valence-corrected chi connectivity index (χ1v) is 7.51. The van der Waals surface area contributed by atoms with Crippen molar-refractivity contribution < 1.29 is 17.9 Å². The molecule has 0 amide bonds. The molecule has 4 nitrogen and oxygen atoms in total. The van der Waals surface area contributed by atoms with Gasteiger partial charge in [0.1, 0.15) is 9.84 Å². The molecule has 2 fully saturated rings. The van der Waals surface area contributed by atoms with Gasteiger partial charge in [0.25, 0.3) is 0 Å². The third-order valence-corrected chi connectivity index (χ3v) is 4.30. The number of rotatable bonds is 2. The van der Waals surface area contributed by atoms with Gasteiger partial charge in [-0.3, -0.25) is 0 Å². The van der Waals surface area contributed by atoms with Gasteiger partial charge in [0.2, 0.25) is 0 Å². The summed E-state index contributed by atoms with van der Waals surface area (Å²) in [5.74, 6) is 0.232. The van der Waals surface area contributed by atoms with E-state index >= 15 is 0 Å². The van der Waals surface area contributed by atoms with E-state index in [9.17, 15) is 8.42 Å². The summed E-state index contributed by atoms with van der Waals surface area (Å²) in [6, 6.07) is 0. The minimum Gasteiger partial charge on any atom is -0.348 e. The molecule has 1 aliphatic heterocycles. The van der Waals surface area contributed by atoms with Gasteiger partial charge >= 0.3 is 0 Å². The normalized spacial score (nSPS) is 27.3. The van der Waals surface area contributed by atoms with Crippen LogP contribution < -0.4 is 0 Å². The molecule has 0 aromatic rings. The summed E-state index contributed by atoms with van der Waals surface area (Å²) >= 11 is 0. The topological polar surface area (TPSA) is 52.6 Å². The van der Waals surface area contributed by atoms with Crippen LogP contribution in [0.2, 0.25) is 0 Å². The summed E-state index contributed by atoms with van der Waals surface area (Å²) in [6.45, 7) is 1.35. The van der Waals surface area contributed by atoms with Gasteiger partial charge in [0.05, 0.1) is 19.0 Å². The Morgan fingerprint density at radius 1 is 1.20 bits per heavy atom. The quantitative estimate of drug-likeness (QED) is 0.714. The fraction of sp³-hybridized carbons (Fsp3) is 1.00. The van der Waals surface area contributed by atoms with Gasteiger partial charge in [-0.15, -0.1) is 0 Å². The molecule has 1 saturated carbocycles. The lowest BCUT2D eigenvalue weighted by molar-refractivity contribution is -0.181. The Kier molecular flexibility index (Phi) is 3.05. The standard InChI is InChI=1S/C10H18O4S/c1-15(11,12)8-9-2-4-10(5-3-9)13-6-7-14-10/h9H,2-8H2,1H3. The highest BCUT2D eigenvalue weighted by Crippen LogP contribution is 2.38. The SMILES string of the molecule is CS(=O)(=O)CC1CCC2(CC1)OCCO2. The summed E-state index contributed by atoms with van der Waals surface area (Å²) in [7, 11) is -2.84. The smallest absolute Gasteiger partial charge is 0.168 e. The summed E-state index contributed by atoms with van der Waals surface area (Å²) in [4.78, 5) is 0. The number of hydrogen-bond donors (Lipinski definition) is 0. The lowest BCUT2D eigenvalue weighted by atomic mass is 9.86. The predicted molar refractivity (Wildman–Crippen MR) is 56.3 cm³/mol. The summed E-state index contributed by atoms with van der Waals surface area (Å²) < 4.78 is 33.5. The minimum atomic E-state index is -2.84. The highest BCUT2D eigenvalue weighted by Gasteiger charge is 2.40. The first-order chi connectivity index (χ1) is 6.99. The summed E-state index contributed by atoms with van der Waals surface area (Å²) in [5, 5.41) is 0. The van der Waals surface area contributed by atoms with Crippen molar-refractivity contribution >= 4 is 9.84 Å². The van der Waals surface area contributed by atoms with Crippen LogP contribution in [-0.4, -0.2) is 39.4 Å². The molecule has 1 spiro atoms. The second kappa shape index (κ2) is 4.03. The number of ether oxygens (including phenoxy) is 2. The van der Waals surface area contributed by atoms with E-state index in [0.29, 0.717) is 24.9 Å². The molecule has 1 aliphatic carbocycles. The van der Waals surface area contributed by atoms with Crippen LogP contribution in [0.15, 0.2) is 0 Å². The zero-order valence-corrected chi connectivity index (χ0v) is 9.88. The fourth-order valence-electron chi connectivity index (χ4n) is 2.50. The Bertz CT molecular complexity index is 306. The molecule has 0 atom stereocenters. The van der Waals surface area contributed by atoms with Crippen molar-refractivity contribution in [3.63, 3.8) is 0 Å². The highest BCUT2D eigenvalue weighted by atomic mass is 32.2. The lowest BCUT2D eigenvalue weighted by Crippen LogP contribution is -2.36. The number of hydrogen-bond acceptors (Lipinski definition) is 4. The third-order valence-electron chi connectivity index (χ3n) is 3.22. The molecule has 88 valence electrons. The van der Waals surface area contributed by atoms with Crippen LogP contribution in [0.3, 0.4) is 0 Å². The van der Waals surface area contributed by atoms with E-state index in [0.717, 1.165) is 25.7 Å². The highest BCUT2D eigenvalue weighted by molar-refractivity contribution is 7.90. The van der Waals surface area contributed by atoms with Gasteiger partial charge in [-0.05, 0) is 18.8 Å². The van der Waals surface area contributed by atoms with Gasteiger partial charge in [-0.1, -0.05) is 0 Å². The molecule has 1 saturated heterocycles. The van der Waals surface area contributed by atoms with Crippen molar-refractivity contribution in [2.45, 2.75) is 31.5 Å². The second-order valence-corrected chi connectivity index (χ2v) is 6.83. The Hall–Kier alpha value is -0.130. The largest absolute Gasteiger partial charge is 0.348 e. The number of sulfone groups is 1. The van der Waals surface area contributed by atoms with Crippen molar-refractivity contribution in [1.82, 2.24) is 0 Å². The van der Waals surface area contributed by atoms with E-state index < -0.39 is 9.84 Å². The fourth-order valence-corrected chi connectivity index (χ4v) is 3.69. The van der Waals surface area contributed by atoms with Gasteiger partial charge in [-0.2, -0.15) is 0 Å². The van der Waals surface area contributed by atoms with E-state index in [-0.39, 0.29) is 5.79 Å². The first-order valence-electron chi connectivity index (χ1n) is 5.45. The van der Waals surface area contributed by atoms with Crippen LogP contribution in [0.25, 0.3) is 0 Å². The van der Waals surface area contributed by atoms with E-state index in [1.165, 1.54) is 6.26 Å². The molecule has 0 aromatic heterocycles. The Morgan fingerprint density at radius 3 is 2.20 bits per heavy atom. The molecule has 2 rings (SSSR count). The van der Waals surface area contributed by atoms with Crippen molar-refractivity contribution in [3.05, 3.63) is 0 Å². The van der Waals surface area contributed by atoms with Crippen LogP contribution in [0.1, 0.15) is 25.7 Å². The molecule has 2 aliphatic rings. The molecule has 1 heterocycles. The molecule has 0 bridgehead atoms. The predicted octanol–water partition coefficient (Wildman–Crippen LogP) is 0.964. The van der Waals surface area contributed by atoms with Crippen LogP contribution in [-0.2, 0) is 19.3 Å². The Morgan fingerprint density at radius 2 is 1.73 bits per heavy atom. The maximum absolute atomic E-state index is 11.1. The van der Waals surface area contributed by atoms with Crippen LogP contribution in [0.4, 0.5) is 0 Å². The molecule has 0 N–H and O–H groups in total. The molecule has 0 unspecified atom stereocenters. The van der Waals surface area contributed by atoms with Gasteiger partial charge in [-0.25, -0.2) is 8.42 Å². The van der Waals surface area contributed by atoms with E-state index in [2.05, 4.69) is 0 Å². The molecular weight excluding hydrogens is 216 g/mol. The maximum Gasteiger partial charge on any atom is 0.168 e. The Labute approximate surface area is 90.9 Å². The maximum atomic E-state index is 11.1. The Balaban J connectivity index is 1.87. The van der Waals surface area contributed by atoms with Crippen LogP contribution >= 0.6 is 0 Å². The summed E-state index contributed by atoms with van der Waals surface area (Å²) in [6.07, 6.45) is 4.78. The zero-order valence-electron chi connectivity index (χ0n) is 9.07. The lowest BCUT2D eigenvalue weighted by Gasteiger charge is -2.35. The molecular formula is C10H18O4S. The molecule has 0 radical (unpaired) electrons. The second-order valence-electron chi connectivity index (χ2n) is 4.64. The average Bonchev–Trinajstić information content (AvgIpc) is 2.56. The van der Waals surface area contributed by atoms with E-state index in [4.69, 9.17) is 9.47 Å². The van der Waals surface area contributed by atoms with Gasteiger partial charge < -0.3 is 9.47 Å². The van der Waals surface area contributed by atoms with Crippen LogP contribution in [0, 0.1) is 5.92 Å². The van der Waals surface area contributed by atoms with E-state index in [1.54, 1.807) is 0 Å². The van der Waals surface area contributed by atoms with Crippen molar-refractivity contribution in [2.24, 2.45) is 5.92 Å². The monoisotopic (exact) mass is 234 g/mol. The van der Waals surface area contributed by atoms with Gasteiger partial charge in [0.15, 0.2) is 5.79 Å². The van der Waals surface area contributed by atoms with Crippen LogP contribution in [0.5, 0.6) is 0 Å². The minimum absolute atomic E-state index is 0.290. The zero-order chi connectivity index (χ0) is 10.9. The molecule has 15 heavy (non-hydrogen) atoms. The summed E-state index contributed by atoms with van der Waals surface area (Å²) in [5.41, 5.74) is 0. The van der Waals surface area contributed by atoms with Gasteiger partial charge in [0, 0.05) is 19.1 Å². The van der Waals surface area contributed by atoms with E-state index in [1.807, 2.05) is 0 Å². The average molecular weight is 234 g/mol. The van der Waals surface area contributed by atoms with Crippen molar-refractivity contribution in [1.29, 1.82) is 0 Å².